The Morgan fingerprint density at radius 3 is 2.68 bits per heavy atom. The standard InChI is InChI=1S/C17H21N3O2/c1-13-15(11-20(19-13)14-7-3-2-4-8-14)16(21)18-12-17(22)9-5-6-10-17/h2-4,7-8,11,22H,5-6,9-10,12H2,1H3,(H,18,21). The maximum absolute atomic E-state index is 12.3. The van der Waals surface area contributed by atoms with Crippen molar-refractivity contribution in [1.82, 2.24) is 15.1 Å². The fraction of sp³-hybridized carbons (Fsp3) is 0.412. The zero-order valence-electron chi connectivity index (χ0n) is 12.7. The molecular formula is C17H21N3O2. The number of aryl methyl sites for hydroxylation is 1. The molecule has 1 aromatic heterocycles. The summed E-state index contributed by atoms with van der Waals surface area (Å²) in [4.78, 5) is 12.3. The SMILES string of the molecule is Cc1nn(-c2ccccc2)cc1C(=O)NCC1(O)CCCC1. The van der Waals surface area contributed by atoms with E-state index in [2.05, 4.69) is 10.4 Å². The van der Waals surface area contributed by atoms with Crippen LogP contribution >= 0.6 is 0 Å². The predicted molar refractivity (Wildman–Crippen MR) is 84.1 cm³/mol. The summed E-state index contributed by atoms with van der Waals surface area (Å²) in [7, 11) is 0. The third-order valence-electron chi connectivity index (χ3n) is 4.28. The summed E-state index contributed by atoms with van der Waals surface area (Å²) in [5.74, 6) is -0.181. The number of carbonyl (C=O) groups is 1. The first kappa shape index (κ1) is 14.8. The first-order valence-electron chi connectivity index (χ1n) is 7.70. The molecule has 1 heterocycles. The summed E-state index contributed by atoms with van der Waals surface area (Å²) >= 11 is 0. The van der Waals surface area contributed by atoms with E-state index in [-0.39, 0.29) is 5.91 Å². The van der Waals surface area contributed by atoms with Crippen LogP contribution in [0.2, 0.25) is 0 Å². The molecule has 0 radical (unpaired) electrons. The minimum atomic E-state index is -0.737. The molecule has 0 spiro atoms. The summed E-state index contributed by atoms with van der Waals surface area (Å²) in [6.45, 7) is 2.13. The van der Waals surface area contributed by atoms with Crippen LogP contribution in [0.4, 0.5) is 0 Å². The van der Waals surface area contributed by atoms with E-state index in [4.69, 9.17) is 0 Å². The number of aliphatic hydroxyl groups is 1. The summed E-state index contributed by atoms with van der Waals surface area (Å²) in [5.41, 5.74) is 1.41. The summed E-state index contributed by atoms with van der Waals surface area (Å²) in [6, 6.07) is 9.68. The quantitative estimate of drug-likeness (QED) is 0.909. The molecular weight excluding hydrogens is 278 g/mol. The second-order valence-corrected chi connectivity index (χ2v) is 6.02. The number of amides is 1. The van der Waals surface area contributed by atoms with Gasteiger partial charge >= 0.3 is 0 Å². The molecule has 1 aliphatic rings. The van der Waals surface area contributed by atoms with Gasteiger partial charge in [0, 0.05) is 12.7 Å². The molecule has 5 nitrogen and oxygen atoms in total. The van der Waals surface area contributed by atoms with E-state index in [1.807, 2.05) is 37.3 Å². The maximum Gasteiger partial charge on any atom is 0.254 e. The predicted octanol–water partition coefficient (Wildman–Crippen LogP) is 2.22. The smallest absolute Gasteiger partial charge is 0.254 e. The Morgan fingerprint density at radius 1 is 1.32 bits per heavy atom. The highest BCUT2D eigenvalue weighted by Gasteiger charge is 2.31. The van der Waals surface area contributed by atoms with Gasteiger partial charge in [0.1, 0.15) is 0 Å². The van der Waals surface area contributed by atoms with Crippen LogP contribution in [0.1, 0.15) is 41.7 Å². The molecule has 0 aliphatic heterocycles. The van der Waals surface area contributed by atoms with Crippen LogP contribution in [0.5, 0.6) is 0 Å². The van der Waals surface area contributed by atoms with Gasteiger partial charge in [-0.1, -0.05) is 31.0 Å². The van der Waals surface area contributed by atoms with Crippen molar-refractivity contribution in [2.45, 2.75) is 38.2 Å². The zero-order valence-corrected chi connectivity index (χ0v) is 12.7. The Morgan fingerprint density at radius 2 is 2.00 bits per heavy atom. The van der Waals surface area contributed by atoms with Crippen LogP contribution in [0.15, 0.2) is 36.5 Å². The Kier molecular flexibility index (Phi) is 3.98. The van der Waals surface area contributed by atoms with Crippen molar-refractivity contribution in [1.29, 1.82) is 0 Å². The number of nitrogens with zero attached hydrogens (tertiary/aromatic N) is 2. The Labute approximate surface area is 130 Å². The molecule has 0 saturated heterocycles. The van der Waals surface area contributed by atoms with Crippen molar-refractivity contribution < 1.29 is 9.90 Å². The lowest BCUT2D eigenvalue weighted by molar-refractivity contribution is 0.0449. The molecule has 0 unspecified atom stereocenters. The number of hydrogen-bond acceptors (Lipinski definition) is 3. The Balaban J connectivity index is 1.72. The fourth-order valence-electron chi connectivity index (χ4n) is 2.95. The van der Waals surface area contributed by atoms with E-state index < -0.39 is 5.60 Å². The van der Waals surface area contributed by atoms with E-state index in [0.717, 1.165) is 31.4 Å². The first-order chi connectivity index (χ1) is 10.6. The van der Waals surface area contributed by atoms with Crippen LogP contribution in [0.3, 0.4) is 0 Å². The van der Waals surface area contributed by atoms with Crippen molar-refractivity contribution in [3.63, 3.8) is 0 Å². The molecule has 1 amide bonds. The summed E-state index contributed by atoms with van der Waals surface area (Å²) in [5, 5.41) is 17.5. The van der Waals surface area contributed by atoms with Gasteiger partial charge in [0.2, 0.25) is 0 Å². The monoisotopic (exact) mass is 299 g/mol. The maximum atomic E-state index is 12.3. The highest BCUT2D eigenvalue weighted by Crippen LogP contribution is 2.28. The van der Waals surface area contributed by atoms with Gasteiger partial charge in [-0.3, -0.25) is 4.79 Å². The van der Waals surface area contributed by atoms with E-state index >= 15 is 0 Å². The van der Waals surface area contributed by atoms with E-state index in [9.17, 15) is 9.90 Å². The van der Waals surface area contributed by atoms with E-state index in [1.165, 1.54) is 0 Å². The molecule has 22 heavy (non-hydrogen) atoms. The van der Waals surface area contributed by atoms with Crippen LogP contribution in [-0.4, -0.2) is 32.9 Å². The third-order valence-corrected chi connectivity index (χ3v) is 4.28. The first-order valence-corrected chi connectivity index (χ1v) is 7.70. The fourth-order valence-corrected chi connectivity index (χ4v) is 2.95. The Hall–Kier alpha value is -2.14. The molecule has 0 bridgehead atoms. The van der Waals surface area contributed by atoms with Gasteiger partial charge in [0.05, 0.1) is 22.5 Å². The second kappa shape index (κ2) is 5.93. The number of rotatable bonds is 4. The molecule has 116 valence electrons. The minimum Gasteiger partial charge on any atom is -0.388 e. The summed E-state index contributed by atoms with van der Waals surface area (Å²) in [6.07, 6.45) is 5.30. The van der Waals surface area contributed by atoms with Crippen LogP contribution < -0.4 is 5.32 Å². The van der Waals surface area contributed by atoms with Gasteiger partial charge < -0.3 is 10.4 Å². The summed E-state index contributed by atoms with van der Waals surface area (Å²) < 4.78 is 1.70. The van der Waals surface area contributed by atoms with Crippen molar-refractivity contribution in [2.24, 2.45) is 0 Å². The second-order valence-electron chi connectivity index (χ2n) is 6.02. The van der Waals surface area contributed by atoms with Crippen LogP contribution in [-0.2, 0) is 0 Å². The van der Waals surface area contributed by atoms with Crippen molar-refractivity contribution >= 4 is 5.91 Å². The highest BCUT2D eigenvalue weighted by atomic mass is 16.3. The Bertz CT molecular complexity index is 658. The number of aromatic nitrogens is 2. The molecule has 2 N–H and O–H groups in total. The normalized spacial score (nSPS) is 16.6. The number of para-hydroxylation sites is 1. The van der Waals surface area contributed by atoms with Gasteiger partial charge in [-0.15, -0.1) is 0 Å². The topological polar surface area (TPSA) is 67.2 Å². The average molecular weight is 299 g/mol. The lowest BCUT2D eigenvalue weighted by atomic mass is 10.0. The van der Waals surface area contributed by atoms with Gasteiger partial charge in [-0.05, 0) is 31.9 Å². The zero-order chi connectivity index (χ0) is 15.6. The van der Waals surface area contributed by atoms with Crippen molar-refractivity contribution in [3.8, 4) is 5.69 Å². The van der Waals surface area contributed by atoms with Gasteiger partial charge in [-0.2, -0.15) is 5.10 Å². The number of nitrogens with one attached hydrogen (secondary N) is 1. The molecule has 1 fully saturated rings. The lowest BCUT2D eigenvalue weighted by Crippen LogP contribution is -2.40. The van der Waals surface area contributed by atoms with Gasteiger partial charge in [0.15, 0.2) is 0 Å². The molecule has 0 atom stereocenters. The third kappa shape index (κ3) is 3.04. The molecule has 1 saturated carbocycles. The molecule has 2 aromatic rings. The molecule has 5 heteroatoms. The van der Waals surface area contributed by atoms with Gasteiger partial charge in [-0.25, -0.2) is 4.68 Å². The molecule has 1 aliphatic carbocycles. The van der Waals surface area contributed by atoms with Gasteiger partial charge in [0.25, 0.3) is 5.91 Å². The average Bonchev–Trinajstić information content (AvgIpc) is 3.13. The lowest BCUT2D eigenvalue weighted by Gasteiger charge is -2.22. The van der Waals surface area contributed by atoms with Crippen molar-refractivity contribution in [2.75, 3.05) is 6.54 Å². The molecule has 1 aromatic carbocycles. The number of hydrogen-bond donors (Lipinski definition) is 2. The largest absolute Gasteiger partial charge is 0.388 e. The van der Waals surface area contributed by atoms with Crippen LogP contribution in [0.25, 0.3) is 5.69 Å². The van der Waals surface area contributed by atoms with E-state index in [1.54, 1.807) is 10.9 Å². The molecule has 3 rings (SSSR count). The number of carbonyl (C=O) groups excluding carboxylic acids is 1. The highest BCUT2D eigenvalue weighted by molar-refractivity contribution is 5.95. The minimum absolute atomic E-state index is 0.181. The van der Waals surface area contributed by atoms with E-state index in [0.29, 0.717) is 17.8 Å². The van der Waals surface area contributed by atoms with Crippen LogP contribution in [0, 0.1) is 6.92 Å². The van der Waals surface area contributed by atoms with Crippen molar-refractivity contribution in [3.05, 3.63) is 47.8 Å². The number of benzene rings is 1.